The highest BCUT2D eigenvalue weighted by atomic mass is 35.5. The maximum Gasteiger partial charge on any atom is 0.247 e. The summed E-state index contributed by atoms with van der Waals surface area (Å²) in [6.07, 6.45) is 0. The summed E-state index contributed by atoms with van der Waals surface area (Å²) in [6.45, 7) is 0. The molecule has 0 bridgehead atoms. The van der Waals surface area contributed by atoms with Crippen molar-refractivity contribution >= 4 is 34.8 Å². The molecule has 0 fully saturated rings. The molecule has 2 rings (SSSR count). The zero-order chi connectivity index (χ0) is 14.5. The molecule has 0 radical (unpaired) electrons. The fourth-order valence-corrected chi connectivity index (χ4v) is 2.02. The molecular weight excluding hydrogens is 295 g/mol. The summed E-state index contributed by atoms with van der Waals surface area (Å²) < 4.78 is 0. The van der Waals surface area contributed by atoms with Crippen LogP contribution in [-0.2, 0) is 4.79 Å². The predicted octanol–water partition coefficient (Wildman–Crippen LogP) is 4.13. The van der Waals surface area contributed by atoms with Gasteiger partial charge >= 0.3 is 0 Å². The average molecular weight is 305 g/mol. The second-order valence-corrected chi connectivity index (χ2v) is 4.91. The lowest BCUT2D eigenvalue weighted by molar-refractivity contribution is -0.116. The van der Waals surface area contributed by atoms with Crippen LogP contribution in [0.1, 0.15) is 16.5 Å². The number of nitrogens with zero attached hydrogens (tertiary/aromatic N) is 1. The summed E-state index contributed by atoms with van der Waals surface area (Å²) in [5.74, 6) is -0.394. The van der Waals surface area contributed by atoms with E-state index in [2.05, 4.69) is 5.32 Å². The lowest BCUT2D eigenvalue weighted by Gasteiger charge is -2.12. The summed E-state index contributed by atoms with van der Waals surface area (Å²) >= 11 is 12.1. The van der Waals surface area contributed by atoms with Crippen LogP contribution in [0.2, 0.25) is 5.02 Å². The lowest BCUT2D eigenvalue weighted by atomic mass is 10.1. The Hall–Kier alpha value is -2.02. The number of rotatable bonds is 3. The summed E-state index contributed by atoms with van der Waals surface area (Å²) in [5.41, 5.74) is 1.48. The van der Waals surface area contributed by atoms with Crippen LogP contribution in [-0.4, -0.2) is 5.91 Å². The van der Waals surface area contributed by atoms with Gasteiger partial charge in [0, 0.05) is 0 Å². The minimum atomic E-state index is -0.821. The molecule has 2 aromatic rings. The maximum atomic E-state index is 12.1. The normalized spacial score (nSPS) is 11.4. The first-order valence-corrected chi connectivity index (χ1v) is 6.63. The Morgan fingerprint density at radius 1 is 1.20 bits per heavy atom. The van der Waals surface area contributed by atoms with Crippen molar-refractivity contribution in [3.8, 4) is 6.07 Å². The number of carbonyl (C=O) groups is 1. The highest BCUT2D eigenvalue weighted by Crippen LogP contribution is 2.26. The van der Waals surface area contributed by atoms with Crippen molar-refractivity contribution in [2.75, 3.05) is 5.32 Å². The van der Waals surface area contributed by atoms with Gasteiger partial charge in [-0.25, -0.2) is 0 Å². The van der Waals surface area contributed by atoms with Crippen LogP contribution < -0.4 is 5.32 Å². The molecule has 0 saturated heterocycles. The number of halogens is 2. The van der Waals surface area contributed by atoms with Crippen molar-refractivity contribution in [3.63, 3.8) is 0 Å². The van der Waals surface area contributed by atoms with Gasteiger partial charge < -0.3 is 5.32 Å². The molecule has 1 unspecified atom stereocenters. The Bertz CT molecular complexity index is 665. The molecule has 0 aliphatic carbocycles. The van der Waals surface area contributed by atoms with Crippen LogP contribution in [0.15, 0.2) is 48.5 Å². The van der Waals surface area contributed by atoms with Crippen molar-refractivity contribution in [1.29, 1.82) is 5.26 Å². The first-order valence-electron chi connectivity index (χ1n) is 5.81. The molecule has 1 atom stereocenters. The zero-order valence-electron chi connectivity index (χ0n) is 10.3. The number of benzene rings is 2. The molecule has 2 aromatic carbocycles. The summed E-state index contributed by atoms with van der Waals surface area (Å²) in [4.78, 5) is 12.1. The molecule has 0 heterocycles. The number of anilines is 1. The molecule has 3 nitrogen and oxygen atoms in total. The second kappa shape index (κ2) is 6.42. The van der Waals surface area contributed by atoms with Crippen LogP contribution in [0.25, 0.3) is 0 Å². The number of hydrogen-bond donors (Lipinski definition) is 1. The van der Waals surface area contributed by atoms with Gasteiger partial charge in [-0.05, 0) is 23.8 Å². The fraction of sp³-hybridized carbons (Fsp3) is 0.0667. The van der Waals surface area contributed by atoms with Gasteiger partial charge in [0.05, 0.1) is 22.3 Å². The molecule has 0 aliphatic heterocycles. The monoisotopic (exact) mass is 304 g/mol. The predicted molar refractivity (Wildman–Crippen MR) is 79.8 cm³/mol. The van der Waals surface area contributed by atoms with Gasteiger partial charge in [0.1, 0.15) is 5.38 Å². The summed E-state index contributed by atoms with van der Waals surface area (Å²) in [7, 11) is 0. The topological polar surface area (TPSA) is 52.9 Å². The third-order valence-corrected chi connectivity index (χ3v) is 3.46. The molecule has 0 aromatic heterocycles. The van der Waals surface area contributed by atoms with Gasteiger partial charge in [-0.2, -0.15) is 5.26 Å². The van der Waals surface area contributed by atoms with Crippen molar-refractivity contribution in [2.24, 2.45) is 0 Å². The largest absolute Gasteiger partial charge is 0.323 e. The van der Waals surface area contributed by atoms with Crippen LogP contribution >= 0.6 is 23.2 Å². The molecule has 0 spiro atoms. The van der Waals surface area contributed by atoms with E-state index in [9.17, 15) is 4.79 Å². The van der Waals surface area contributed by atoms with E-state index in [0.29, 0.717) is 21.8 Å². The Kier molecular flexibility index (Phi) is 4.62. The van der Waals surface area contributed by atoms with Gasteiger partial charge in [0.25, 0.3) is 0 Å². The van der Waals surface area contributed by atoms with E-state index < -0.39 is 11.3 Å². The Labute approximate surface area is 126 Å². The van der Waals surface area contributed by atoms with Crippen molar-refractivity contribution in [2.45, 2.75) is 5.38 Å². The van der Waals surface area contributed by atoms with E-state index >= 15 is 0 Å². The van der Waals surface area contributed by atoms with E-state index in [4.69, 9.17) is 28.5 Å². The van der Waals surface area contributed by atoms with Crippen molar-refractivity contribution < 1.29 is 4.79 Å². The minimum absolute atomic E-state index is 0.356. The molecule has 0 saturated carbocycles. The van der Waals surface area contributed by atoms with Crippen LogP contribution in [0.3, 0.4) is 0 Å². The standard InChI is InChI=1S/C15H10Cl2N2O/c16-12-7-6-10(9-18)8-13(12)19-15(20)14(17)11-4-2-1-3-5-11/h1-8,14H,(H,19,20). The molecule has 5 heteroatoms. The van der Waals surface area contributed by atoms with Crippen molar-refractivity contribution in [1.82, 2.24) is 0 Å². The van der Waals surface area contributed by atoms with Gasteiger partial charge in [0.2, 0.25) is 5.91 Å². The Balaban J connectivity index is 2.18. The fourth-order valence-electron chi connectivity index (χ4n) is 1.66. The van der Waals surface area contributed by atoms with Gasteiger partial charge in [-0.3, -0.25) is 4.79 Å². The van der Waals surface area contributed by atoms with Crippen LogP contribution in [0.5, 0.6) is 0 Å². The SMILES string of the molecule is N#Cc1ccc(Cl)c(NC(=O)C(Cl)c2ccccc2)c1. The van der Waals surface area contributed by atoms with Crippen LogP contribution in [0.4, 0.5) is 5.69 Å². The smallest absolute Gasteiger partial charge is 0.247 e. The van der Waals surface area contributed by atoms with Crippen LogP contribution in [0, 0.1) is 11.3 Å². The summed E-state index contributed by atoms with van der Waals surface area (Å²) in [5, 5.41) is 11.0. The molecule has 20 heavy (non-hydrogen) atoms. The molecule has 100 valence electrons. The molecule has 1 amide bonds. The zero-order valence-corrected chi connectivity index (χ0v) is 11.8. The number of nitrogens with one attached hydrogen (secondary N) is 1. The quantitative estimate of drug-likeness (QED) is 0.867. The first kappa shape index (κ1) is 14.4. The minimum Gasteiger partial charge on any atom is -0.323 e. The molecular formula is C15H10Cl2N2O. The van der Waals surface area contributed by atoms with Gasteiger partial charge in [-0.1, -0.05) is 41.9 Å². The lowest BCUT2D eigenvalue weighted by Crippen LogP contribution is -2.17. The Morgan fingerprint density at radius 3 is 2.55 bits per heavy atom. The number of alkyl halides is 1. The number of carbonyl (C=O) groups excluding carboxylic acids is 1. The van der Waals surface area contributed by atoms with E-state index in [-0.39, 0.29) is 0 Å². The average Bonchev–Trinajstić information content (AvgIpc) is 2.49. The third-order valence-electron chi connectivity index (χ3n) is 2.68. The first-order chi connectivity index (χ1) is 9.61. The van der Waals surface area contributed by atoms with E-state index in [0.717, 1.165) is 0 Å². The van der Waals surface area contributed by atoms with Gasteiger partial charge in [-0.15, -0.1) is 11.6 Å². The summed E-state index contributed by atoms with van der Waals surface area (Å²) in [6, 6.07) is 15.6. The van der Waals surface area contributed by atoms with E-state index in [1.807, 2.05) is 12.1 Å². The molecule has 0 aliphatic rings. The van der Waals surface area contributed by atoms with E-state index in [1.165, 1.54) is 6.07 Å². The number of hydrogen-bond acceptors (Lipinski definition) is 2. The second-order valence-electron chi connectivity index (χ2n) is 4.07. The highest BCUT2D eigenvalue weighted by Gasteiger charge is 2.18. The Morgan fingerprint density at radius 2 is 1.90 bits per heavy atom. The van der Waals surface area contributed by atoms with Gasteiger partial charge in [0.15, 0.2) is 0 Å². The van der Waals surface area contributed by atoms with Crippen molar-refractivity contribution in [3.05, 3.63) is 64.7 Å². The maximum absolute atomic E-state index is 12.1. The highest BCUT2D eigenvalue weighted by molar-refractivity contribution is 6.35. The molecule has 1 N–H and O–H groups in total. The van der Waals surface area contributed by atoms with E-state index in [1.54, 1.807) is 36.4 Å². The number of amides is 1. The number of nitriles is 1. The third kappa shape index (κ3) is 3.30.